The zero-order chi connectivity index (χ0) is 30.5. The SMILES string of the molecule is CC.CC.CC.C[N-]C(=O)CCC1CC[C@@H](C)C1C.C[N-]C(=O)CCc1noc2c1CCCC2.[CH2-]C.[CH2-]C.[W].[W].[Y].[Y]. The van der Waals surface area contributed by atoms with Crippen molar-refractivity contribution in [2.45, 2.75) is 133 Å². The van der Waals surface area contributed by atoms with Gasteiger partial charge in [-0.2, -0.15) is 13.8 Å². The average molecular weight is 1080 g/mol. The number of nitrogens with zero attached hydrogens (tertiary/aromatic N) is 3. The maximum atomic E-state index is 11.1. The third-order valence-electron chi connectivity index (χ3n) is 6.47. The van der Waals surface area contributed by atoms with Crippen molar-refractivity contribution in [3.8, 4) is 0 Å². The molecular weight excluding hydrogens is 1020 g/mol. The van der Waals surface area contributed by atoms with Crippen LogP contribution in [0.15, 0.2) is 4.52 Å². The van der Waals surface area contributed by atoms with E-state index in [0.717, 1.165) is 48.5 Å². The molecule has 0 saturated heterocycles. The number of carbonyl (C=O) groups excluding carboxylic acids is 2. The normalized spacial score (nSPS) is 16.3. The minimum Gasteiger partial charge on any atom is -0.656 e. The second kappa shape index (κ2) is 47.1. The van der Waals surface area contributed by atoms with Crippen LogP contribution in [0.3, 0.4) is 0 Å². The van der Waals surface area contributed by atoms with Crippen LogP contribution in [0.2, 0.25) is 0 Å². The third-order valence-corrected chi connectivity index (χ3v) is 6.47. The summed E-state index contributed by atoms with van der Waals surface area (Å²) < 4.78 is 5.26. The van der Waals surface area contributed by atoms with Gasteiger partial charge in [0.15, 0.2) is 0 Å². The molecule has 1 aromatic rings. The smallest absolute Gasteiger partial charge is 0.140 e. The van der Waals surface area contributed by atoms with Crippen molar-refractivity contribution in [1.29, 1.82) is 0 Å². The molecular formula is C32H63N3O3W2Y2-4. The fourth-order valence-electron chi connectivity index (χ4n) is 4.28. The molecule has 2 amide bonds. The topological polar surface area (TPSA) is 88.4 Å². The molecule has 0 bridgehead atoms. The van der Waals surface area contributed by atoms with Crippen LogP contribution >= 0.6 is 0 Å². The minimum atomic E-state index is -0.0671. The number of amides is 2. The molecule has 1 heterocycles. The number of fused-ring (bicyclic) bond motifs is 1. The van der Waals surface area contributed by atoms with Gasteiger partial charge in [-0.25, -0.2) is 0 Å². The van der Waals surface area contributed by atoms with E-state index >= 15 is 0 Å². The van der Waals surface area contributed by atoms with Gasteiger partial charge < -0.3 is 38.6 Å². The Bertz CT molecular complexity index is 667. The van der Waals surface area contributed by atoms with Gasteiger partial charge in [0.25, 0.3) is 0 Å². The van der Waals surface area contributed by atoms with Gasteiger partial charge in [0.1, 0.15) is 5.76 Å². The van der Waals surface area contributed by atoms with Gasteiger partial charge in [0, 0.05) is 120 Å². The summed E-state index contributed by atoms with van der Waals surface area (Å²) in [4.78, 5) is 22.0. The molecule has 2 unspecified atom stereocenters. The Kier molecular flexibility index (Phi) is 70.2. The molecule has 0 aromatic carbocycles. The fraction of sp³-hybridized carbons (Fsp3) is 0.781. The number of aromatic nitrogens is 1. The number of hydrogen-bond donors (Lipinski definition) is 0. The number of carbonyl (C=O) groups is 2. The second-order valence-corrected chi connectivity index (χ2v) is 8.19. The molecule has 3 atom stereocenters. The van der Waals surface area contributed by atoms with Crippen LogP contribution < -0.4 is 0 Å². The molecule has 0 aliphatic heterocycles. The third kappa shape index (κ3) is 29.2. The predicted octanol–water partition coefficient (Wildman–Crippen LogP) is 9.74. The van der Waals surface area contributed by atoms with Gasteiger partial charge in [0.2, 0.25) is 0 Å². The van der Waals surface area contributed by atoms with Crippen molar-refractivity contribution in [2.75, 3.05) is 14.1 Å². The summed E-state index contributed by atoms with van der Waals surface area (Å²) in [5.74, 6) is 3.43. The maximum Gasteiger partial charge on any atom is 0.140 e. The summed E-state index contributed by atoms with van der Waals surface area (Å²) in [7, 11) is 3.11. The molecule has 10 heteroatoms. The second-order valence-electron chi connectivity index (χ2n) is 8.19. The van der Waals surface area contributed by atoms with Gasteiger partial charge in [-0.3, -0.25) is 0 Å². The molecule has 2 aliphatic rings. The maximum absolute atomic E-state index is 11.1. The average Bonchev–Trinajstić information content (AvgIpc) is 3.58. The Morgan fingerprint density at radius 2 is 1.26 bits per heavy atom. The monoisotopic (exact) mass is 1080 g/mol. The van der Waals surface area contributed by atoms with Crippen molar-refractivity contribution in [3.05, 3.63) is 41.5 Å². The largest absolute Gasteiger partial charge is 0.656 e. The number of hydrogen-bond acceptors (Lipinski definition) is 4. The fourth-order valence-corrected chi connectivity index (χ4v) is 4.28. The van der Waals surface area contributed by atoms with E-state index in [0.29, 0.717) is 19.3 Å². The van der Waals surface area contributed by atoms with E-state index in [1.807, 2.05) is 41.5 Å². The Labute approximate surface area is 341 Å². The predicted molar refractivity (Wildman–Crippen MR) is 166 cm³/mol. The van der Waals surface area contributed by atoms with E-state index in [1.165, 1.54) is 38.3 Å². The standard InChI is InChI=1S/C11H16N2O2.C11H21NO.3C2H6.2C2H5.2W.2Y/c1-12-11(14)7-6-9-8-4-2-3-5-10(8)15-13-9;1-8-4-5-10(9(8)2)6-7-11(13)12-3;5*1-2;;;;/h2-7H2,1H3,(H,12,14);8-10H,4-7H2,1-3H3,(H,12,13);3*1-2H3;2*1H2,2H3;;;;/q;;;;;2*-1;;;;/p-2/t;8-,9?,10?;;;;;;;;;/m.1........./s1. The molecule has 6 nitrogen and oxygen atoms in total. The first-order valence-electron chi connectivity index (χ1n) is 15.1. The van der Waals surface area contributed by atoms with Crippen LogP contribution in [0.25, 0.3) is 10.6 Å². The summed E-state index contributed by atoms with van der Waals surface area (Å²) in [5, 5.41) is 11.3. The molecule has 246 valence electrons. The molecule has 1 saturated carbocycles. The first-order valence-corrected chi connectivity index (χ1v) is 15.1. The summed E-state index contributed by atoms with van der Waals surface area (Å²) >= 11 is 0. The van der Waals surface area contributed by atoms with Crippen LogP contribution in [0.5, 0.6) is 0 Å². The molecule has 1 fully saturated rings. The van der Waals surface area contributed by atoms with E-state index in [9.17, 15) is 9.59 Å². The zero-order valence-corrected chi connectivity index (χ0v) is 40.8. The van der Waals surface area contributed by atoms with Gasteiger partial charge in [0.05, 0.1) is 17.5 Å². The first-order chi connectivity index (χ1) is 18.5. The Morgan fingerprint density at radius 3 is 1.69 bits per heavy atom. The van der Waals surface area contributed by atoms with E-state index in [4.69, 9.17) is 4.52 Å². The van der Waals surface area contributed by atoms with Crippen LogP contribution in [0.4, 0.5) is 0 Å². The Hall–Kier alpha value is 1.73. The molecule has 42 heavy (non-hydrogen) atoms. The first kappa shape index (κ1) is 62.5. The molecule has 2 radical (unpaired) electrons. The van der Waals surface area contributed by atoms with Gasteiger partial charge >= 0.3 is 0 Å². The van der Waals surface area contributed by atoms with E-state index < -0.39 is 0 Å². The van der Waals surface area contributed by atoms with Crippen LogP contribution in [-0.2, 0) is 136 Å². The van der Waals surface area contributed by atoms with Gasteiger partial charge in [-0.05, 0) is 69.1 Å². The molecule has 3 rings (SSSR count). The molecule has 1 aromatic heterocycles. The zero-order valence-electron chi connectivity index (χ0n) is 29.3. The van der Waals surface area contributed by atoms with Gasteiger partial charge in [-0.15, -0.1) is 14.1 Å². The van der Waals surface area contributed by atoms with Crippen LogP contribution in [-0.4, -0.2) is 31.1 Å². The van der Waals surface area contributed by atoms with E-state index in [1.54, 1.807) is 20.9 Å². The number of aryl methyl sites for hydroxylation is 2. The quantitative estimate of drug-likeness (QED) is 0.266. The molecule has 0 spiro atoms. The summed E-state index contributed by atoms with van der Waals surface area (Å²) in [6.07, 6.45) is 9.87. The van der Waals surface area contributed by atoms with Crippen LogP contribution in [0, 0.1) is 31.6 Å². The minimum absolute atomic E-state index is 0. The summed E-state index contributed by atoms with van der Waals surface area (Å²) in [6.45, 7) is 26.6. The molecule has 2 aliphatic carbocycles. The summed E-state index contributed by atoms with van der Waals surface area (Å²) in [5.41, 5.74) is 2.20. The molecule has 0 N–H and O–H groups in total. The van der Waals surface area contributed by atoms with Crippen LogP contribution in [0.1, 0.15) is 131 Å². The summed E-state index contributed by atoms with van der Waals surface area (Å²) in [6, 6.07) is 0. The van der Waals surface area contributed by atoms with Crippen molar-refractivity contribution in [3.63, 3.8) is 0 Å². The van der Waals surface area contributed by atoms with E-state index in [-0.39, 0.29) is 119 Å². The van der Waals surface area contributed by atoms with E-state index in [2.05, 4.69) is 43.5 Å². The van der Waals surface area contributed by atoms with Gasteiger partial charge in [-0.1, -0.05) is 67.0 Å². The van der Waals surface area contributed by atoms with Crippen molar-refractivity contribution in [2.24, 2.45) is 17.8 Å². The Morgan fingerprint density at radius 1 is 0.810 bits per heavy atom. The van der Waals surface area contributed by atoms with Crippen molar-refractivity contribution >= 4 is 11.8 Å². The Balaban J connectivity index is -0.0000000661. The number of rotatable bonds is 6. The van der Waals surface area contributed by atoms with Crippen molar-refractivity contribution < 1.29 is 122 Å². The van der Waals surface area contributed by atoms with Crippen molar-refractivity contribution in [1.82, 2.24) is 5.16 Å².